The quantitative estimate of drug-likeness (QED) is 0.380. The first-order valence-electron chi connectivity index (χ1n) is 11.8. The van der Waals surface area contributed by atoms with Crippen molar-refractivity contribution in [3.05, 3.63) is 83.7 Å². The molecule has 0 fully saturated rings. The molecule has 2 unspecified atom stereocenters. The molecule has 0 spiro atoms. The van der Waals surface area contributed by atoms with Crippen LogP contribution in [0, 0.1) is 6.92 Å². The fourth-order valence-electron chi connectivity index (χ4n) is 5.22. The van der Waals surface area contributed by atoms with Gasteiger partial charge in [0, 0.05) is 28.8 Å². The van der Waals surface area contributed by atoms with E-state index < -0.39 is 0 Å². The number of quaternary nitrogens is 1. The summed E-state index contributed by atoms with van der Waals surface area (Å²) >= 11 is 0. The highest BCUT2D eigenvalue weighted by atomic mass is 16.3. The van der Waals surface area contributed by atoms with Crippen molar-refractivity contribution in [2.75, 3.05) is 4.90 Å². The summed E-state index contributed by atoms with van der Waals surface area (Å²) in [5.41, 5.74) is 8.62. The molecule has 3 heteroatoms. The minimum Gasteiger partial charge on any atom is -0.454 e. The highest BCUT2D eigenvalue weighted by Gasteiger charge is 2.35. The van der Waals surface area contributed by atoms with E-state index in [-0.39, 0.29) is 6.17 Å². The highest BCUT2D eigenvalue weighted by Crippen LogP contribution is 2.39. The van der Waals surface area contributed by atoms with Gasteiger partial charge in [0.1, 0.15) is 17.5 Å². The summed E-state index contributed by atoms with van der Waals surface area (Å²) in [6.45, 7) is 13.7. The zero-order chi connectivity index (χ0) is 22.6. The van der Waals surface area contributed by atoms with Crippen LogP contribution in [-0.2, 0) is 0 Å². The van der Waals surface area contributed by atoms with Gasteiger partial charge in [0.2, 0.25) is 0 Å². The Morgan fingerprint density at radius 2 is 1.53 bits per heavy atom. The lowest BCUT2D eigenvalue weighted by Crippen LogP contribution is -3.07. The SMILES string of the molecule is Cc1ccc2c(oc3ccccc32)c1N1C=C[NH+](c2c(C(C)C)cccc2C(C)C)C1C. The Hall–Kier alpha value is -3.04. The second-order valence-corrected chi connectivity index (χ2v) is 9.68. The Morgan fingerprint density at radius 3 is 2.22 bits per heavy atom. The van der Waals surface area contributed by atoms with Crippen molar-refractivity contribution < 1.29 is 9.32 Å². The Kier molecular flexibility index (Phi) is 5.10. The van der Waals surface area contributed by atoms with Crippen LogP contribution >= 0.6 is 0 Å². The lowest BCUT2D eigenvalue weighted by Gasteiger charge is -2.29. The summed E-state index contributed by atoms with van der Waals surface area (Å²) in [7, 11) is 0. The number of para-hydroxylation sites is 2. The van der Waals surface area contributed by atoms with Crippen LogP contribution in [0.5, 0.6) is 0 Å². The molecule has 1 aliphatic heterocycles. The van der Waals surface area contributed by atoms with Gasteiger partial charge in [0.15, 0.2) is 11.7 Å². The van der Waals surface area contributed by atoms with Gasteiger partial charge in [-0.3, -0.25) is 9.80 Å². The van der Waals surface area contributed by atoms with Gasteiger partial charge in [-0.05, 0) is 30.4 Å². The second-order valence-electron chi connectivity index (χ2n) is 9.68. The maximum atomic E-state index is 6.41. The molecule has 1 aliphatic rings. The number of hydrogen-bond donors (Lipinski definition) is 1. The number of benzene rings is 3. The Balaban J connectivity index is 1.64. The summed E-state index contributed by atoms with van der Waals surface area (Å²) in [4.78, 5) is 3.79. The summed E-state index contributed by atoms with van der Waals surface area (Å²) in [6, 6.07) is 19.6. The van der Waals surface area contributed by atoms with E-state index in [0.717, 1.165) is 11.2 Å². The van der Waals surface area contributed by atoms with Crippen LogP contribution in [0.25, 0.3) is 21.9 Å². The van der Waals surface area contributed by atoms with Gasteiger partial charge in [-0.2, -0.15) is 0 Å². The van der Waals surface area contributed by atoms with E-state index in [1.54, 1.807) is 0 Å². The van der Waals surface area contributed by atoms with Crippen molar-refractivity contribution in [3.63, 3.8) is 0 Å². The maximum Gasteiger partial charge on any atom is 0.173 e. The van der Waals surface area contributed by atoms with E-state index >= 15 is 0 Å². The largest absolute Gasteiger partial charge is 0.454 e. The molecule has 164 valence electrons. The molecule has 1 aromatic heterocycles. The van der Waals surface area contributed by atoms with Crippen LogP contribution in [0.15, 0.2) is 71.4 Å². The number of nitrogens with one attached hydrogen (secondary N) is 1. The van der Waals surface area contributed by atoms with Crippen LogP contribution in [0.4, 0.5) is 11.4 Å². The Labute approximate surface area is 190 Å². The summed E-state index contributed by atoms with van der Waals surface area (Å²) < 4.78 is 6.41. The molecule has 2 atom stereocenters. The minimum absolute atomic E-state index is 0.227. The van der Waals surface area contributed by atoms with E-state index in [1.165, 1.54) is 43.7 Å². The molecule has 3 aromatic carbocycles. The average Bonchev–Trinajstić information content (AvgIpc) is 3.33. The number of aryl methyl sites for hydroxylation is 1. The number of nitrogens with zero attached hydrogens (tertiary/aromatic N) is 1. The third kappa shape index (κ3) is 3.15. The molecule has 32 heavy (non-hydrogen) atoms. The second kappa shape index (κ2) is 7.83. The predicted octanol–water partition coefficient (Wildman–Crippen LogP) is 7.00. The molecule has 3 nitrogen and oxygen atoms in total. The van der Waals surface area contributed by atoms with E-state index in [2.05, 4.69) is 107 Å². The first-order chi connectivity index (χ1) is 15.4. The summed E-state index contributed by atoms with van der Waals surface area (Å²) in [6.07, 6.45) is 4.79. The van der Waals surface area contributed by atoms with Crippen molar-refractivity contribution in [2.45, 2.75) is 59.5 Å². The standard InChI is InChI=1S/C29H32N2O/c1-18(2)22-11-9-12-23(19(3)4)28(22)31-17-16-30(21(31)6)27-20(5)14-15-25-24-10-7-8-13-26(24)32-29(25)27/h7-19,21H,1-6H3/p+1. The topological polar surface area (TPSA) is 20.8 Å². The molecular weight excluding hydrogens is 392 g/mol. The monoisotopic (exact) mass is 425 g/mol. The van der Waals surface area contributed by atoms with Crippen LogP contribution in [0.1, 0.15) is 63.1 Å². The third-order valence-corrected chi connectivity index (χ3v) is 6.92. The molecule has 0 bridgehead atoms. The fourth-order valence-corrected chi connectivity index (χ4v) is 5.22. The zero-order valence-corrected chi connectivity index (χ0v) is 19.9. The zero-order valence-electron chi connectivity index (χ0n) is 19.9. The molecule has 0 saturated carbocycles. The molecule has 5 rings (SSSR count). The average molecular weight is 426 g/mol. The number of rotatable bonds is 4. The van der Waals surface area contributed by atoms with Gasteiger partial charge in [-0.25, -0.2) is 0 Å². The van der Waals surface area contributed by atoms with E-state index in [0.29, 0.717) is 11.8 Å². The molecule has 0 aliphatic carbocycles. The lowest BCUT2D eigenvalue weighted by atomic mass is 9.92. The molecule has 2 heterocycles. The van der Waals surface area contributed by atoms with Crippen molar-refractivity contribution in [1.29, 1.82) is 0 Å². The first kappa shape index (κ1) is 20.8. The normalized spacial score (nSPS) is 18.7. The van der Waals surface area contributed by atoms with E-state index in [1.807, 2.05) is 6.07 Å². The van der Waals surface area contributed by atoms with E-state index in [4.69, 9.17) is 4.42 Å². The summed E-state index contributed by atoms with van der Waals surface area (Å²) in [5.74, 6) is 0.956. The van der Waals surface area contributed by atoms with Crippen molar-refractivity contribution in [3.8, 4) is 0 Å². The van der Waals surface area contributed by atoms with Crippen LogP contribution in [-0.4, -0.2) is 6.17 Å². The number of anilines is 1. The van der Waals surface area contributed by atoms with Crippen molar-refractivity contribution in [2.24, 2.45) is 0 Å². The molecule has 4 aromatic rings. The van der Waals surface area contributed by atoms with Gasteiger partial charge in [-0.1, -0.05) is 76.2 Å². The third-order valence-electron chi connectivity index (χ3n) is 6.92. The van der Waals surface area contributed by atoms with Gasteiger partial charge in [0.25, 0.3) is 0 Å². The van der Waals surface area contributed by atoms with Gasteiger partial charge in [0.05, 0.1) is 11.9 Å². The van der Waals surface area contributed by atoms with Gasteiger partial charge >= 0.3 is 0 Å². The first-order valence-corrected chi connectivity index (χ1v) is 11.8. The van der Waals surface area contributed by atoms with E-state index in [9.17, 15) is 0 Å². The molecule has 0 radical (unpaired) electrons. The summed E-state index contributed by atoms with van der Waals surface area (Å²) in [5, 5.41) is 2.36. The number of furan rings is 1. The maximum absolute atomic E-state index is 6.41. The molecule has 0 saturated heterocycles. The Morgan fingerprint density at radius 1 is 0.844 bits per heavy atom. The number of fused-ring (bicyclic) bond motifs is 3. The van der Waals surface area contributed by atoms with Gasteiger partial charge < -0.3 is 4.42 Å². The van der Waals surface area contributed by atoms with Crippen LogP contribution in [0.2, 0.25) is 0 Å². The van der Waals surface area contributed by atoms with Crippen molar-refractivity contribution in [1.82, 2.24) is 0 Å². The fraction of sp³-hybridized carbons (Fsp3) is 0.310. The smallest absolute Gasteiger partial charge is 0.173 e. The van der Waals surface area contributed by atoms with Crippen LogP contribution in [0.3, 0.4) is 0 Å². The lowest BCUT2D eigenvalue weighted by molar-refractivity contribution is -0.796. The highest BCUT2D eigenvalue weighted by molar-refractivity contribution is 6.09. The molecule has 0 amide bonds. The molecule has 1 N–H and O–H groups in total. The van der Waals surface area contributed by atoms with Gasteiger partial charge in [-0.15, -0.1) is 0 Å². The number of hydrogen-bond acceptors (Lipinski definition) is 2. The molecular formula is C29H33N2O+. The Bertz CT molecular complexity index is 1300. The van der Waals surface area contributed by atoms with Crippen LogP contribution < -0.4 is 9.80 Å². The predicted molar refractivity (Wildman–Crippen MR) is 135 cm³/mol. The van der Waals surface area contributed by atoms with Crippen molar-refractivity contribution >= 4 is 33.3 Å². The minimum atomic E-state index is 0.227.